The maximum Gasteiger partial charge on any atom is 0.335 e. The first-order chi connectivity index (χ1) is 11.1. The van der Waals surface area contributed by atoms with Crippen LogP contribution in [0.4, 0.5) is 5.82 Å². The predicted octanol–water partition coefficient (Wildman–Crippen LogP) is 2.43. The average Bonchev–Trinajstić information content (AvgIpc) is 2.97. The van der Waals surface area contributed by atoms with Gasteiger partial charge in [-0.2, -0.15) is 0 Å². The largest absolute Gasteiger partial charge is 0.478 e. The minimum Gasteiger partial charge on any atom is -0.478 e. The van der Waals surface area contributed by atoms with Crippen LogP contribution >= 0.6 is 0 Å². The second-order valence-corrected chi connectivity index (χ2v) is 6.14. The third kappa shape index (κ3) is 3.87. The number of nitrogens with two attached hydrogens (primary N) is 1. The summed E-state index contributed by atoms with van der Waals surface area (Å²) in [5.74, 6) is 0.335. The van der Waals surface area contributed by atoms with Crippen LogP contribution in [0.1, 0.15) is 27.9 Å². The Morgan fingerprint density at radius 2 is 2.09 bits per heavy atom. The molecule has 0 radical (unpaired) electrons. The highest BCUT2D eigenvalue weighted by atomic mass is 16.4. The molecule has 0 bridgehead atoms. The summed E-state index contributed by atoms with van der Waals surface area (Å²) in [6.07, 6.45) is 3.85. The van der Waals surface area contributed by atoms with Gasteiger partial charge in [0.1, 0.15) is 5.82 Å². The van der Waals surface area contributed by atoms with E-state index in [1.807, 2.05) is 24.3 Å². The van der Waals surface area contributed by atoms with Gasteiger partial charge in [0.25, 0.3) is 0 Å². The van der Waals surface area contributed by atoms with Crippen LogP contribution in [0.2, 0.25) is 0 Å². The summed E-state index contributed by atoms with van der Waals surface area (Å²) in [6, 6.07) is 11.2. The van der Waals surface area contributed by atoms with Gasteiger partial charge in [0.2, 0.25) is 0 Å². The summed E-state index contributed by atoms with van der Waals surface area (Å²) >= 11 is 0. The Balaban J connectivity index is 1.55. The zero-order chi connectivity index (χ0) is 16.2. The molecule has 1 aromatic carbocycles. The van der Waals surface area contributed by atoms with Crippen molar-refractivity contribution < 1.29 is 9.90 Å². The molecule has 0 aliphatic carbocycles. The lowest BCUT2D eigenvalue weighted by molar-refractivity contribution is 0.0697. The molecule has 1 fully saturated rings. The minimum atomic E-state index is -0.877. The molecule has 23 heavy (non-hydrogen) atoms. The maximum atomic E-state index is 10.9. The second-order valence-electron chi connectivity index (χ2n) is 6.14. The summed E-state index contributed by atoms with van der Waals surface area (Å²) in [4.78, 5) is 17.4. The van der Waals surface area contributed by atoms with E-state index in [0.717, 1.165) is 38.0 Å². The number of carboxylic acid groups (broad SMARTS) is 1. The SMILES string of the molecule is Nc1ncccc1CN1CC[C@H](Cc2ccc(C(=O)O)cc2)C1. The lowest BCUT2D eigenvalue weighted by Gasteiger charge is -2.17. The van der Waals surface area contributed by atoms with Crippen molar-refractivity contribution in [3.8, 4) is 0 Å². The molecule has 3 rings (SSSR count). The summed E-state index contributed by atoms with van der Waals surface area (Å²) in [5, 5.41) is 8.94. The van der Waals surface area contributed by atoms with E-state index in [9.17, 15) is 4.79 Å². The van der Waals surface area contributed by atoms with Crippen LogP contribution in [0, 0.1) is 5.92 Å². The summed E-state index contributed by atoms with van der Waals surface area (Å²) in [6.45, 7) is 2.94. The molecular formula is C18H21N3O2. The molecule has 2 heterocycles. The fraction of sp³-hybridized carbons (Fsp3) is 0.333. The van der Waals surface area contributed by atoms with Gasteiger partial charge in [0, 0.05) is 24.8 Å². The van der Waals surface area contributed by atoms with Crippen molar-refractivity contribution in [1.82, 2.24) is 9.88 Å². The maximum absolute atomic E-state index is 10.9. The van der Waals surface area contributed by atoms with Crippen molar-refractivity contribution in [3.05, 3.63) is 59.3 Å². The number of carbonyl (C=O) groups is 1. The van der Waals surface area contributed by atoms with E-state index in [1.54, 1.807) is 18.3 Å². The van der Waals surface area contributed by atoms with E-state index >= 15 is 0 Å². The monoisotopic (exact) mass is 311 g/mol. The van der Waals surface area contributed by atoms with Crippen molar-refractivity contribution in [2.24, 2.45) is 5.92 Å². The molecule has 0 spiro atoms. The molecule has 1 saturated heterocycles. The molecule has 0 saturated carbocycles. The van der Waals surface area contributed by atoms with E-state index < -0.39 is 5.97 Å². The predicted molar refractivity (Wildman–Crippen MR) is 89.1 cm³/mol. The van der Waals surface area contributed by atoms with Crippen LogP contribution in [0.5, 0.6) is 0 Å². The first kappa shape index (κ1) is 15.5. The third-order valence-electron chi connectivity index (χ3n) is 4.42. The number of carboxylic acids is 1. The highest BCUT2D eigenvalue weighted by Crippen LogP contribution is 2.23. The third-order valence-corrected chi connectivity index (χ3v) is 4.42. The van der Waals surface area contributed by atoms with Crippen LogP contribution < -0.4 is 5.73 Å². The molecule has 5 heteroatoms. The number of aromatic carboxylic acids is 1. The molecule has 0 amide bonds. The second kappa shape index (κ2) is 6.79. The quantitative estimate of drug-likeness (QED) is 0.886. The van der Waals surface area contributed by atoms with Crippen LogP contribution in [-0.4, -0.2) is 34.0 Å². The molecule has 2 aromatic rings. The van der Waals surface area contributed by atoms with E-state index in [4.69, 9.17) is 10.8 Å². The summed E-state index contributed by atoms with van der Waals surface area (Å²) in [7, 11) is 0. The van der Waals surface area contributed by atoms with Crippen molar-refractivity contribution in [1.29, 1.82) is 0 Å². The molecule has 120 valence electrons. The van der Waals surface area contributed by atoms with Gasteiger partial charge in [-0.1, -0.05) is 18.2 Å². The fourth-order valence-corrected chi connectivity index (χ4v) is 3.17. The topological polar surface area (TPSA) is 79.5 Å². The normalized spacial score (nSPS) is 18.2. The van der Waals surface area contributed by atoms with Crippen LogP contribution in [-0.2, 0) is 13.0 Å². The van der Waals surface area contributed by atoms with Crippen LogP contribution in [0.15, 0.2) is 42.6 Å². The number of pyridine rings is 1. The number of aromatic nitrogens is 1. The Morgan fingerprint density at radius 3 is 2.78 bits per heavy atom. The Morgan fingerprint density at radius 1 is 1.30 bits per heavy atom. The highest BCUT2D eigenvalue weighted by molar-refractivity contribution is 5.87. The first-order valence-electron chi connectivity index (χ1n) is 7.86. The lowest BCUT2D eigenvalue weighted by Crippen LogP contribution is -2.21. The summed E-state index contributed by atoms with van der Waals surface area (Å²) < 4.78 is 0. The number of hydrogen-bond acceptors (Lipinski definition) is 4. The first-order valence-corrected chi connectivity index (χ1v) is 7.86. The smallest absolute Gasteiger partial charge is 0.335 e. The molecular weight excluding hydrogens is 290 g/mol. The van der Waals surface area contributed by atoms with Gasteiger partial charge in [-0.15, -0.1) is 0 Å². The van der Waals surface area contributed by atoms with Crippen molar-refractivity contribution >= 4 is 11.8 Å². The van der Waals surface area contributed by atoms with Gasteiger partial charge in [-0.3, -0.25) is 4.90 Å². The van der Waals surface area contributed by atoms with Crippen molar-refractivity contribution in [3.63, 3.8) is 0 Å². The van der Waals surface area contributed by atoms with Gasteiger partial charge < -0.3 is 10.8 Å². The van der Waals surface area contributed by atoms with E-state index in [-0.39, 0.29) is 0 Å². The number of hydrogen-bond donors (Lipinski definition) is 2. The summed E-state index contributed by atoms with van der Waals surface area (Å²) in [5.41, 5.74) is 8.53. The Kier molecular flexibility index (Phi) is 4.57. The van der Waals surface area contributed by atoms with Crippen LogP contribution in [0.3, 0.4) is 0 Å². The van der Waals surface area contributed by atoms with Gasteiger partial charge in [0.05, 0.1) is 5.56 Å². The molecule has 1 aromatic heterocycles. The molecule has 0 unspecified atom stereocenters. The number of rotatable bonds is 5. The van der Waals surface area contributed by atoms with E-state index in [0.29, 0.717) is 17.3 Å². The Bertz CT molecular complexity index is 685. The molecule has 1 aliphatic heterocycles. The van der Waals surface area contributed by atoms with Gasteiger partial charge >= 0.3 is 5.97 Å². The number of benzene rings is 1. The number of likely N-dealkylation sites (tertiary alicyclic amines) is 1. The van der Waals surface area contributed by atoms with Gasteiger partial charge in [-0.25, -0.2) is 9.78 Å². The zero-order valence-corrected chi connectivity index (χ0v) is 13.0. The van der Waals surface area contributed by atoms with Gasteiger partial charge in [0.15, 0.2) is 0 Å². The fourth-order valence-electron chi connectivity index (χ4n) is 3.17. The van der Waals surface area contributed by atoms with Crippen LogP contribution in [0.25, 0.3) is 0 Å². The number of nitrogen functional groups attached to an aromatic ring is 1. The van der Waals surface area contributed by atoms with E-state index in [2.05, 4.69) is 9.88 Å². The molecule has 5 nitrogen and oxygen atoms in total. The number of nitrogens with zero attached hydrogens (tertiary/aromatic N) is 2. The van der Waals surface area contributed by atoms with Crippen molar-refractivity contribution in [2.45, 2.75) is 19.4 Å². The Hall–Kier alpha value is -2.40. The molecule has 1 aliphatic rings. The average molecular weight is 311 g/mol. The number of anilines is 1. The molecule has 1 atom stereocenters. The van der Waals surface area contributed by atoms with Crippen molar-refractivity contribution in [2.75, 3.05) is 18.8 Å². The highest BCUT2D eigenvalue weighted by Gasteiger charge is 2.23. The Labute approximate surface area is 135 Å². The lowest BCUT2D eigenvalue weighted by atomic mass is 9.98. The van der Waals surface area contributed by atoms with Gasteiger partial charge in [-0.05, 0) is 49.1 Å². The van der Waals surface area contributed by atoms with E-state index in [1.165, 1.54) is 5.56 Å². The zero-order valence-electron chi connectivity index (χ0n) is 13.0. The minimum absolute atomic E-state index is 0.342. The molecule has 3 N–H and O–H groups in total. The standard InChI is InChI=1S/C18H21N3O2/c19-17-16(2-1-8-20-17)12-21-9-7-14(11-21)10-13-3-5-15(6-4-13)18(22)23/h1-6,8,14H,7,9-12H2,(H2,19,20)(H,22,23)/t14-/m1/s1.